The summed E-state index contributed by atoms with van der Waals surface area (Å²) in [7, 11) is 0. The monoisotopic (exact) mass is 288 g/mol. The van der Waals surface area contributed by atoms with Crippen molar-refractivity contribution in [2.45, 2.75) is 38.6 Å². The second kappa shape index (κ2) is 7.10. The maximum atomic E-state index is 5.86. The second-order valence-electron chi connectivity index (χ2n) is 6.68. The van der Waals surface area contributed by atoms with Crippen molar-refractivity contribution in [2.75, 3.05) is 26.2 Å². The van der Waals surface area contributed by atoms with Crippen molar-refractivity contribution in [3.63, 3.8) is 0 Å². The lowest BCUT2D eigenvalue weighted by Gasteiger charge is -2.31. The summed E-state index contributed by atoms with van der Waals surface area (Å²) in [6, 6.07) is 8.81. The zero-order valence-electron chi connectivity index (χ0n) is 13.5. The highest BCUT2D eigenvalue weighted by Gasteiger charge is 2.17. The molecule has 2 rings (SSSR count). The molecule has 0 aliphatic carbocycles. The van der Waals surface area contributed by atoms with Crippen LogP contribution in [0.25, 0.3) is 0 Å². The Morgan fingerprint density at radius 2 is 1.95 bits per heavy atom. The molecular weight excluding hydrogens is 260 g/mol. The van der Waals surface area contributed by atoms with Crippen LogP contribution < -0.4 is 10.5 Å². The number of rotatable bonds is 5. The fraction of sp³-hybridized carbons (Fsp3) is 0.556. The van der Waals surface area contributed by atoms with Crippen molar-refractivity contribution >= 4 is 0 Å². The lowest BCUT2D eigenvalue weighted by atomic mass is 9.87. The van der Waals surface area contributed by atoms with E-state index in [1.165, 1.54) is 5.56 Å². The van der Waals surface area contributed by atoms with Gasteiger partial charge in [0.2, 0.25) is 0 Å². The zero-order valence-corrected chi connectivity index (χ0v) is 13.5. The fourth-order valence-electron chi connectivity index (χ4n) is 2.62. The third-order valence-electron chi connectivity index (χ3n) is 4.02. The van der Waals surface area contributed by atoms with Crippen LogP contribution in [0.4, 0.5) is 0 Å². The highest BCUT2D eigenvalue weighted by atomic mass is 16.5. The first kappa shape index (κ1) is 16.1. The predicted octanol–water partition coefficient (Wildman–Crippen LogP) is 2.95. The molecule has 0 saturated heterocycles. The summed E-state index contributed by atoms with van der Waals surface area (Å²) >= 11 is 0. The molecule has 1 aliphatic heterocycles. The molecule has 0 aromatic heterocycles. The van der Waals surface area contributed by atoms with E-state index in [9.17, 15) is 0 Å². The zero-order chi connectivity index (χ0) is 15.3. The van der Waals surface area contributed by atoms with Gasteiger partial charge < -0.3 is 10.5 Å². The van der Waals surface area contributed by atoms with Crippen LogP contribution in [0.5, 0.6) is 5.75 Å². The van der Waals surface area contributed by atoms with Gasteiger partial charge in [-0.1, -0.05) is 45.1 Å². The minimum Gasteiger partial charge on any atom is -0.492 e. The lowest BCUT2D eigenvalue weighted by Crippen LogP contribution is -2.43. The van der Waals surface area contributed by atoms with Crippen LogP contribution >= 0.6 is 0 Å². The number of nitrogens with zero attached hydrogens (tertiary/aromatic N) is 1. The van der Waals surface area contributed by atoms with Crippen LogP contribution in [0.1, 0.15) is 32.8 Å². The third-order valence-corrected chi connectivity index (χ3v) is 4.02. The summed E-state index contributed by atoms with van der Waals surface area (Å²) in [6.07, 6.45) is 5.54. The van der Waals surface area contributed by atoms with Gasteiger partial charge in [-0.15, -0.1) is 0 Å². The minimum atomic E-state index is 0.188. The molecule has 1 aliphatic rings. The summed E-state index contributed by atoms with van der Waals surface area (Å²) < 4.78 is 5.86. The van der Waals surface area contributed by atoms with Crippen LogP contribution in [-0.2, 0) is 5.41 Å². The van der Waals surface area contributed by atoms with E-state index >= 15 is 0 Å². The standard InChI is InChI=1S/C18H28N2O/c1-18(2,3)15-7-9-17(10-8-15)21-13-12-20-11-5-4-6-16(20)14-19/h4,6-10,16H,5,11-14,19H2,1-3H3. The molecule has 3 nitrogen and oxygen atoms in total. The third kappa shape index (κ3) is 4.58. The minimum absolute atomic E-state index is 0.188. The molecule has 1 aromatic carbocycles. The molecule has 0 fully saturated rings. The van der Waals surface area contributed by atoms with Gasteiger partial charge in [0.1, 0.15) is 12.4 Å². The molecule has 2 N–H and O–H groups in total. The first-order valence-corrected chi connectivity index (χ1v) is 7.85. The Bertz CT molecular complexity index is 459. The van der Waals surface area contributed by atoms with Crippen molar-refractivity contribution in [2.24, 2.45) is 5.73 Å². The topological polar surface area (TPSA) is 38.5 Å². The molecule has 1 atom stereocenters. The molecule has 0 spiro atoms. The van der Waals surface area contributed by atoms with E-state index in [0.717, 1.165) is 25.3 Å². The predicted molar refractivity (Wildman–Crippen MR) is 88.8 cm³/mol. The first-order valence-electron chi connectivity index (χ1n) is 7.85. The van der Waals surface area contributed by atoms with Gasteiger partial charge in [0.15, 0.2) is 0 Å². The molecule has 1 aromatic rings. The van der Waals surface area contributed by atoms with Gasteiger partial charge in [-0.05, 0) is 29.5 Å². The summed E-state index contributed by atoms with van der Waals surface area (Å²) in [5.41, 5.74) is 7.32. The Kier molecular flexibility index (Phi) is 5.43. The Morgan fingerprint density at radius 3 is 2.57 bits per heavy atom. The van der Waals surface area contributed by atoms with Gasteiger partial charge in [0.05, 0.1) is 0 Å². The smallest absolute Gasteiger partial charge is 0.119 e. The average Bonchev–Trinajstić information content (AvgIpc) is 2.47. The molecule has 21 heavy (non-hydrogen) atoms. The van der Waals surface area contributed by atoms with E-state index < -0.39 is 0 Å². The number of ether oxygens (including phenoxy) is 1. The first-order chi connectivity index (χ1) is 10.0. The van der Waals surface area contributed by atoms with Gasteiger partial charge in [0.25, 0.3) is 0 Å². The molecule has 1 heterocycles. The Labute approximate surface area is 128 Å². The van der Waals surface area contributed by atoms with Crippen LogP contribution in [0.2, 0.25) is 0 Å². The Morgan fingerprint density at radius 1 is 1.24 bits per heavy atom. The molecule has 116 valence electrons. The van der Waals surface area contributed by atoms with Gasteiger partial charge in [-0.25, -0.2) is 0 Å². The number of nitrogens with two attached hydrogens (primary N) is 1. The van der Waals surface area contributed by atoms with Gasteiger partial charge >= 0.3 is 0 Å². The quantitative estimate of drug-likeness (QED) is 0.847. The molecule has 0 amide bonds. The number of hydrogen-bond donors (Lipinski definition) is 1. The van der Waals surface area contributed by atoms with E-state index in [4.69, 9.17) is 10.5 Å². The second-order valence-corrected chi connectivity index (χ2v) is 6.68. The maximum absolute atomic E-state index is 5.86. The van der Waals surface area contributed by atoms with E-state index in [-0.39, 0.29) is 5.41 Å². The van der Waals surface area contributed by atoms with Crippen molar-refractivity contribution in [1.29, 1.82) is 0 Å². The Balaban J connectivity index is 1.82. The highest BCUT2D eigenvalue weighted by molar-refractivity contribution is 5.31. The molecule has 0 bridgehead atoms. The van der Waals surface area contributed by atoms with Gasteiger partial charge in [0, 0.05) is 25.7 Å². The molecule has 0 radical (unpaired) electrons. The average molecular weight is 288 g/mol. The number of benzene rings is 1. The van der Waals surface area contributed by atoms with Crippen LogP contribution in [-0.4, -0.2) is 37.2 Å². The van der Waals surface area contributed by atoms with Crippen molar-refractivity contribution in [1.82, 2.24) is 4.90 Å². The van der Waals surface area contributed by atoms with Crippen LogP contribution in [0, 0.1) is 0 Å². The summed E-state index contributed by atoms with van der Waals surface area (Å²) in [4.78, 5) is 2.39. The van der Waals surface area contributed by atoms with Crippen molar-refractivity contribution in [3.05, 3.63) is 42.0 Å². The highest BCUT2D eigenvalue weighted by Crippen LogP contribution is 2.24. The largest absolute Gasteiger partial charge is 0.492 e. The molecule has 1 unspecified atom stereocenters. The fourth-order valence-corrected chi connectivity index (χ4v) is 2.62. The summed E-state index contributed by atoms with van der Waals surface area (Å²) in [6.45, 7) is 10.0. The molecular formula is C18H28N2O. The lowest BCUT2D eigenvalue weighted by molar-refractivity contribution is 0.180. The van der Waals surface area contributed by atoms with E-state index in [2.05, 4.69) is 62.1 Å². The molecule has 0 saturated carbocycles. The number of hydrogen-bond acceptors (Lipinski definition) is 3. The van der Waals surface area contributed by atoms with E-state index in [1.807, 2.05) is 0 Å². The normalized spacial score (nSPS) is 19.7. The maximum Gasteiger partial charge on any atom is 0.119 e. The van der Waals surface area contributed by atoms with E-state index in [0.29, 0.717) is 19.2 Å². The van der Waals surface area contributed by atoms with Gasteiger partial charge in [-0.3, -0.25) is 4.90 Å². The summed E-state index contributed by atoms with van der Waals surface area (Å²) in [5, 5.41) is 0. The Hall–Kier alpha value is -1.32. The van der Waals surface area contributed by atoms with Gasteiger partial charge in [-0.2, -0.15) is 0 Å². The van der Waals surface area contributed by atoms with Crippen LogP contribution in [0.3, 0.4) is 0 Å². The van der Waals surface area contributed by atoms with E-state index in [1.54, 1.807) is 0 Å². The van der Waals surface area contributed by atoms with Crippen molar-refractivity contribution in [3.8, 4) is 5.75 Å². The SMILES string of the molecule is CC(C)(C)c1ccc(OCCN2CCC=CC2CN)cc1. The summed E-state index contributed by atoms with van der Waals surface area (Å²) in [5.74, 6) is 0.944. The van der Waals surface area contributed by atoms with Crippen LogP contribution in [0.15, 0.2) is 36.4 Å². The molecule has 3 heteroatoms. The van der Waals surface area contributed by atoms with Crippen molar-refractivity contribution < 1.29 is 4.74 Å².